The van der Waals surface area contributed by atoms with E-state index in [1.165, 1.54) is 18.5 Å². The highest BCUT2D eigenvalue weighted by molar-refractivity contribution is 14.0. The summed E-state index contributed by atoms with van der Waals surface area (Å²) in [6.07, 6.45) is 5.62. The molecule has 3 aliphatic heterocycles. The van der Waals surface area contributed by atoms with E-state index in [1.54, 1.807) is 0 Å². The van der Waals surface area contributed by atoms with Crippen molar-refractivity contribution in [1.82, 2.24) is 14.8 Å². The van der Waals surface area contributed by atoms with E-state index in [0.717, 1.165) is 37.4 Å². The van der Waals surface area contributed by atoms with Crippen molar-refractivity contribution in [2.45, 2.75) is 31.6 Å². The van der Waals surface area contributed by atoms with Crippen LogP contribution in [0.15, 0.2) is 23.3 Å². The van der Waals surface area contributed by atoms with Crippen LogP contribution in [0.3, 0.4) is 0 Å². The Morgan fingerprint density at radius 2 is 2.00 bits per heavy atom. The summed E-state index contributed by atoms with van der Waals surface area (Å²) in [5.74, 6) is 2.47. The van der Waals surface area contributed by atoms with Crippen LogP contribution in [-0.2, 0) is 18.3 Å². The molecule has 122 valence electrons. The van der Waals surface area contributed by atoms with Gasteiger partial charge in [-0.1, -0.05) is 0 Å². The van der Waals surface area contributed by atoms with Crippen molar-refractivity contribution in [3.05, 3.63) is 24.0 Å². The number of ether oxygens (including phenoxy) is 1. The normalized spacial score (nSPS) is 33.0. The van der Waals surface area contributed by atoms with Crippen LogP contribution >= 0.6 is 24.0 Å². The Kier molecular flexibility index (Phi) is 4.68. The number of nitrogens with zero attached hydrogens (tertiary/aromatic N) is 3. The summed E-state index contributed by atoms with van der Waals surface area (Å²) in [4.78, 5) is 6.90. The van der Waals surface area contributed by atoms with Crippen molar-refractivity contribution in [3.63, 3.8) is 0 Å². The number of aromatic nitrogens is 1. The lowest BCUT2D eigenvalue weighted by molar-refractivity contribution is 0.0767. The Bertz CT molecular complexity index is 540. The highest BCUT2D eigenvalue weighted by atomic mass is 127. The standard InChI is InChI=1S/C16H24N4O.HI/c1-17-16(18-8-11-4-3-7-19(11)2)20-9-12-13(10-20)15-6-5-14(12)21-15;/h3-4,7,12-15H,5-6,8-10H2,1-2H3,(H,17,18);1H. The number of fused-ring (bicyclic) bond motifs is 5. The number of aryl methyl sites for hydroxylation is 1. The number of hydrogen-bond donors (Lipinski definition) is 1. The molecule has 0 radical (unpaired) electrons. The number of aliphatic imine (C=N–C) groups is 1. The molecule has 0 saturated carbocycles. The lowest BCUT2D eigenvalue weighted by Gasteiger charge is -2.23. The maximum absolute atomic E-state index is 6.05. The molecule has 0 aromatic carbocycles. The maximum Gasteiger partial charge on any atom is 0.193 e. The molecule has 3 saturated heterocycles. The van der Waals surface area contributed by atoms with Crippen molar-refractivity contribution in [3.8, 4) is 0 Å². The van der Waals surface area contributed by atoms with Gasteiger partial charge in [-0.3, -0.25) is 4.99 Å². The lowest BCUT2D eigenvalue weighted by Crippen LogP contribution is -2.41. The summed E-state index contributed by atoms with van der Waals surface area (Å²) in [5, 5.41) is 3.51. The topological polar surface area (TPSA) is 41.8 Å². The Morgan fingerprint density at radius 1 is 1.32 bits per heavy atom. The number of hydrogen-bond acceptors (Lipinski definition) is 2. The summed E-state index contributed by atoms with van der Waals surface area (Å²) in [7, 11) is 3.96. The van der Waals surface area contributed by atoms with Gasteiger partial charge in [-0.05, 0) is 25.0 Å². The van der Waals surface area contributed by atoms with Gasteiger partial charge in [0.25, 0.3) is 0 Å². The molecule has 2 bridgehead atoms. The first-order valence-electron chi connectivity index (χ1n) is 7.97. The van der Waals surface area contributed by atoms with Crippen molar-refractivity contribution in [2.75, 3.05) is 20.1 Å². The smallest absolute Gasteiger partial charge is 0.193 e. The molecule has 4 heterocycles. The fourth-order valence-electron chi connectivity index (χ4n) is 4.31. The molecule has 6 heteroatoms. The summed E-state index contributed by atoms with van der Waals surface area (Å²) in [6, 6.07) is 4.22. The molecular weight excluding hydrogens is 391 g/mol. The van der Waals surface area contributed by atoms with Gasteiger partial charge in [0, 0.05) is 50.9 Å². The van der Waals surface area contributed by atoms with Gasteiger partial charge in [0.05, 0.1) is 18.8 Å². The summed E-state index contributed by atoms with van der Waals surface area (Å²) in [5.41, 5.74) is 1.28. The van der Waals surface area contributed by atoms with E-state index >= 15 is 0 Å². The summed E-state index contributed by atoms with van der Waals surface area (Å²) in [6.45, 7) is 3.02. The van der Waals surface area contributed by atoms with Crippen LogP contribution < -0.4 is 5.32 Å². The van der Waals surface area contributed by atoms with E-state index in [4.69, 9.17) is 4.74 Å². The van der Waals surface area contributed by atoms with Crippen molar-refractivity contribution in [2.24, 2.45) is 23.9 Å². The molecule has 1 aromatic heterocycles. The molecule has 22 heavy (non-hydrogen) atoms. The van der Waals surface area contributed by atoms with E-state index in [1.807, 2.05) is 7.05 Å². The number of guanidine groups is 1. The van der Waals surface area contributed by atoms with Gasteiger partial charge in [0.1, 0.15) is 0 Å². The van der Waals surface area contributed by atoms with E-state index in [2.05, 4.69) is 45.2 Å². The van der Waals surface area contributed by atoms with Crippen LogP contribution in [-0.4, -0.2) is 47.8 Å². The van der Waals surface area contributed by atoms with Crippen LogP contribution in [0, 0.1) is 11.8 Å². The average molecular weight is 416 g/mol. The van der Waals surface area contributed by atoms with Gasteiger partial charge < -0.3 is 19.5 Å². The predicted molar refractivity (Wildman–Crippen MR) is 97.5 cm³/mol. The predicted octanol–water partition coefficient (Wildman–Crippen LogP) is 1.83. The summed E-state index contributed by atoms with van der Waals surface area (Å²) >= 11 is 0. The number of nitrogens with one attached hydrogen (secondary N) is 1. The second-order valence-corrected chi connectivity index (χ2v) is 6.53. The van der Waals surface area contributed by atoms with Gasteiger partial charge >= 0.3 is 0 Å². The van der Waals surface area contributed by atoms with Crippen LogP contribution in [0.5, 0.6) is 0 Å². The van der Waals surface area contributed by atoms with Crippen LogP contribution in [0.2, 0.25) is 0 Å². The zero-order chi connectivity index (χ0) is 14.4. The maximum atomic E-state index is 6.05. The molecule has 4 rings (SSSR count). The fourth-order valence-corrected chi connectivity index (χ4v) is 4.31. The average Bonchev–Trinajstić information content (AvgIpc) is 3.20. The Morgan fingerprint density at radius 3 is 2.55 bits per heavy atom. The molecule has 4 atom stereocenters. The molecular formula is C16H25IN4O. The second-order valence-electron chi connectivity index (χ2n) is 6.53. The molecule has 4 unspecified atom stereocenters. The minimum absolute atomic E-state index is 0. The molecule has 0 aliphatic carbocycles. The fraction of sp³-hybridized carbons (Fsp3) is 0.688. The zero-order valence-corrected chi connectivity index (χ0v) is 15.6. The third-order valence-corrected chi connectivity index (χ3v) is 5.44. The lowest BCUT2D eigenvalue weighted by atomic mass is 9.82. The number of rotatable bonds is 2. The first kappa shape index (κ1) is 16.1. The molecule has 1 aromatic rings. The first-order valence-corrected chi connectivity index (χ1v) is 7.97. The Hall–Kier alpha value is -0.760. The van der Waals surface area contributed by atoms with Gasteiger partial charge in [-0.25, -0.2) is 0 Å². The third-order valence-electron chi connectivity index (χ3n) is 5.44. The Labute approximate surface area is 149 Å². The third kappa shape index (κ3) is 2.64. The van der Waals surface area contributed by atoms with Crippen LogP contribution in [0.4, 0.5) is 0 Å². The van der Waals surface area contributed by atoms with Gasteiger partial charge in [0.15, 0.2) is 5.96 Å². The number of likely N-dealkylation sites (tertiary alicyclic amines) is 1. The molecule has 3 fully saturated rings. The quantitative estimate of drug-likeness (QED) is 0.455. The number of halogens is 1. The molecule has 3 aliphatic rings. The van der Waals surface area contributed by atoms with Crippen LogP contribution in [0.1, 0.15) is 18.5 Å². The SMILES string of the molecule is CN=C(NCc1cccn1C)N1CC2C3CCC(O3)C2C1.I. The van der Waals surface area contributed by atoms with Crippen molar-refractivity contribution >= 4 is 29.9 Å². The van der Waals surface area contributed by atoms with E-state index in [-0.39, 0.29) is 24.0 Å². The largest absolute Gasteiger partial charge is 0.374 e. The Balaban J connectivity index is 0.00000144. The first-order chi connectivity index (χ1) is 10.3. The van der Waals surface area contributed by atoms with E-state index < -0.39 is 0 Å². The van der Waals surface area contributed by atoms with Gasteiger partial charge in [0.2, 0.25) is 0 Å². The minimum atomic E-state index is 0. The van der Waals surface area contributed by atoms with Gasteiger partial charge in [-0.15, -0.1) is 24.0 Å². The van der Waals surface area contributed by atoms with E-state index in [9.17, 15) is 0 Å². The molecule has 0 spiro atoms. The monoisotopic (exact) mass is 416 g/mol. The minimum Gasteiger partial charge on any atom is -0.374 e. The second kappa shape index (κ2) is 6.39. The van der Waals surface area contributed by atoms with Crippen molar-refractivity contribution < 1.29 is 4.74 Å². The molecule has 0 amide bonds. The summed E-state index contributed by atoms with van der Waals surface area (Å²) < 4.78 is 8.19. The zero-order valence-electron chi connectivity index (χ0n) is 13.2. The van der Waals surface area contributed by atoms with Gasteiger partial charge in [-0.2, -0.15) is 0 Å². The van der Waals surface area contributed by atoms with E-state index in [0.29, 0.717) is 12.2 Å². The highest BCUT2D eigenvalue weighted by Gasteiger charge is 2.53. The van der Waals surface area contributed by atoms with Crippen molar-refractivity contribution in [1.29, 1.82) is 0 Å². The molecule has 1 N–H and O–H groups in total. The van der Waals surface area contributed by atoms with Crippen LogP contribution in [0.25, 0.3) is 0 Å². The molecule has 5 nitrogen and oxygen atoms in total. The highest BCUT2D eigenvalue weighted by Crippen LogP contribution is 2.47.